The van der Waals surface area contributed by atoms with E-state index in [0.717, 1.165) is 38.4 Å². The Hall–Kier alpha value is -0.120. The summed E-state index contributed by atoms with van der Waals surface area (Å²) in [7, 11) is 0. The second-order valence-corrected chi connectivity index (χ2v) is 6.70. The number of aliphatic hydroxyl groups is 1. The largest absolute Gasteiger partial charge is 0.394 e. The Labute approximate surface area is 119 Å². The molecule has 1 saturated carbocycles. The van der Waals surface area contributed by atoms with Gasteiger partial charge in [0.15, 0.2) is 0 Å². The van der Waals surface area contributed by atoms with Crippen LogP contribution in [0.3, 0.4) is 0 Å². The summed E-state index contributed by atoms with van der Waals surface area (Å²) in [5, 5.41) is 12.9. The third-order valence-electron chi connectivity index (χ3n) is 4.08. The van der Waals surface area contributed by atoms with E-state index in [9.17, 15) is 5.11 Å². The quantitative estimate of drug-likeness (QED) is 0.600. The third-order valence-corrected chi connectivity index (χ3v) is 4.08. The van der Waals surface area contributed by atoms with Crippen molar-refractivity contribution in [3.05, 3.63) is 0 Å². The van der Waals surface area contributed by atoms with E-state index in [2.05, 4.69) is 26.1 Å². The van der Waals surface area contributed by atoms with Gasteiger partial charge in [-0.25, -0.2) is 0 Å². The summed E-state index contributed by atoms with van der Waals surface area (Å²) in [4.78, 5) is 0. The Morgan fingerprint density at radius 3 is 2.53 bits per heavy atom. The smallest absolute Gasteiger partial charge is 0.0610 e. The van der Waals surface area contributed by atoms with Crippen molar-refractivity contribution in [3.8, 4) is 0 Å². The highest BCUT2D eigenvalue weighted by molar-refractivity contribution is 4.83. The first kappa shape index (κ1) is 16.9. The molecular weight excluding hydrogens is 238 g/mol. The second kappa shape index (κ2) is 8.93. The Balaban J connectivity index is 2.01. The fraction of sp³-hybridized carbons (Fsp3) is 1.00. The molecular formula is C16H33NO2. The summed E-state index contributed by atoms with van der Waals surface area (Å²) in [5.41, 5.74) is -0.139. The highest BCUT2D eigenvalue weighted by Gasteiger charge is 2.23. The molecule has 1 unspecified atom stereocenters. The lowest BCUT2D eigenvalue weighted by atomic mass is 9.95. The predicted molar refractivity (Wildman–Crippen MR) is 80.4 cm³/mol. The summed E-state index contributed by atoms with van der Waals surface area (Å²) in [6.07, 6.45) is 8.73. The summed E-state index contributed by atoms with van der Waals surface area (Å²) < 4.78 is 5.76. The van der Waals surface area contributed by atoms with Gasteiger partial charge in [0.05, 0.1) is 6.61 Å². The molecule has 0 aliphatic heterocycles. The fourth-order valence-corrected chi connectivity index (χ4v) is 3.04. The fourth-order valence-electron chi connectivity index (χ4n) is 3.04. The Kier molecular flexibility index (Phi) is 7.96. The van der Waals surface area contributed by atoms with E-state index >= 15 is 0 Å². The van der Waals surface area contributed by atoms with Crippen molar-refractivity contribution in [1.82, 2.24) is 5.32 Å². The number of ether oxygens (including phenoxy) is 1. The van der Waals surface area contributed by atoms with E-state index in [0.29, 0.717) is 6.04 Å². The summed E-state index contributed by atoms with van der Waals surface area (Å²) >= 11 is 0. The number of hydrogen-bond donors (Lipinski definition) is 2. The van der Waals surface area contributed by atoms with Crippen molar-refractivity contribution in [3.63, 3.8) is 0 Å². The van der Waals surface area contributed by atoms with E-state index in [-0.39, 0.29) is 12.1 Å². The third kappa shape index (κ3) is 7.28. The summed E-state index contributed by atoms with van der Waals surface area (Å²) in [6, 6.07) is 0.413. The highest BCUT2D eigenvalue weighted by Crippen LogP contribution is 2.24. The van der Waals surface area contributed by atoms with Gasteiger partial charge >= 0.3 is 0 Å². The number of aliphatic hydroxyl groups excluding tert-OH is 1. The van der Waals surface area contributed by atoms with Crippen molar-refractivity contribution in [2.24, 2.45) is 5.92 Å². The molecule has 3 nitrogen and oxygen atoms in total. The van der Waals surface area contributed by atoms with Crippen LogP contribution in [0.2, 0.25) is 0 Å². The first-order valence-electron chi connectivity index (χ1n) is 8.02. The van der Waals surface area contributed by atoms with Crippen LogP contribution in [0.1, 0.15) is 65.7 Å². The lowest BCUT2D eigenvalue weighted by Gasteiger charge is -2.31. The zero-order valence-electron chi connectivity index (χ0n) is 13.1. The molecule has 2 N–H and O–H groups in total. The van der Waals surface area contributed by atoms with E-state index in [1.54, 1.807) is 0 Å². The lowest BCUT2D eigenvalue weighted by Crippen LogP contribution is -2.49. The van der Waals surface area contributed by atoms with Crippen LogP contribution < -0.4 is 5.32 Å². The Morgan fingerprint density at radius 2 is 1.95 bits per heavy atom. The maximum absolute atomic E-state index is 9.49. The minimum Gasteiger partial charge on any atom is -0.394 e. The molecule has 0 saturated heterocycles. The van der Waals surface area contributed by atoms with Gasteiger partial charge in [0.1, 0.15) is 0 Å². The molecule has 0 aromatic carbocycles. The molecule has 0 radical (unpaired) electrons. The summed E-state index contributed by atoms with van der Waals surface area (Å²) in [6.45, 7) is 8.39. The van der Waals surface area contributed by atoms with Crippen LogP contribution in [-0.2, 0) is 4.74 Å². The van der Waals surface area contributed by atoms with Crippen molar-refractivity contribution in [2.75, 3.05) is 19.8 Å². The monoisotopic (exact) mass is 271 g/mol. The minimum atomic E-state index is -0.139. The normalized spacial score (nSPS) is 20.1. The van der Waals surface area contributed by atoms with E-state index < -0.39 is 0 Å². The molecule has 0 bridgehead atoms. The number of rotatable bonds is 10. The van der Waals surface area contributed by atoms with Gasteiger partial charge in [0.2, 0.25) is 0 Å². The molecule has 3 heteroatoms. The molecule has 114 valence electrons. The van der Waals surface area contributed by atoms with Crippen molar-refractivity contribution in [1.29, 1.82) is 0 Å². The van der Waals surface area contributed by atoms with Gasteiger partial charge in [-0.15, -0.1) is 0 Å². The SMILES string of the molecule is CC(C)NC(C)(CO)CCCCOCC1CCCC1. The number of hydrogen-bond acceptors (Lipinski definition) is 3. The van der Waals surface area contributed by atoms with Gasteiger partial charge in [-0.1, -0.05) is 26.7 Å². The van der Waals surface area contributed by atoms with Gasteiger partial charge in [0.25, 0.3) is 0 Å². The van der Waals surface area contributed by atoms with Crippen LogP contribution in [0.25, 0.3) is 0 Å². The van der Waals surface area contributed by atoms with Crippen molar-refractivity contribution < 1.29 is 9.84 Å². The zero-order chi connectivity index (χ0) is 14.1. The second-order valence-electron chi connectivity index (χ2n) is 6.70. The molecule has 1 aliphatic carbocycles. The van der Waals surface area contributed by atoms with Gasteiger partial charge < -0.3 is 15.2 Å². The van der Waals surface area contributed by atoms with E-state index in [4.69, 9.17) is 4.74 Å². The predicted octanol–water partition coefficient (Wildman–Crippen LogP) is 3.11. The van der Waals surface area contributed by atoms with Gasteiger partial charge in [0, 0.05) is 24.8 Å². The maximum atomic E-state index is 9.49. The standard InChI is InChI=1S/C16H33NO2/c1-14(2)17-16(3,13-18)10-6-7-11-19-12-15-8-4-5-9-15/h14-15,17-18H,4-13H2,1-3H3. The molecule has 19 heavy (non-hydrogen) atoms. The molecule has 1 aliphatic rings. The first-order valence-corrected chi connectivity index (χ1v) is 8.02. The maximum Gasteiger partial charge on any atom is 0.0610 e. The molecule has 0 amide bonds. The topological polar surface area (TPSA) is 41.5 Å². The van der Waals surface area contributed by atoms with Crippen molar-refractivity contribution >= 4 is 0 Å². The number of nitrogens with one attached hydrogen (secondary N) is 1. The lowest BCUT2D eigenvalue weighted by molar-refractivity contribution is 0.0935. The molecule has 1 rings (SSSR count). The molecule has 0 heterocycles. The average Bonchev–Trinajstić information content (AvgIpc) is 2.86. The van der Waals surface area contributed by atoms with E-state index in [1.807, 2.05) is 0 Å². The van der Waals surface area contributed by atoms with Crippen LogP contribution in [0, 0.1) is 5.92 Å². The van der Waals surface area contributed by atoms with E-state index in [1.165, 1.54) is 25.7 Å². The molecule has 0 aromatic heterocycles. The number of unbranched alkanes of at least 4 members (excludes halogenated alkanes) is 1. The van der Waals surface area contributed by atoms with Crippen molar-refractivity contribution in [2.45, 2.75) is 77.3 Å². The van der Waals surface area contributed by atoms with Gasteiger partial charge in [-0.05, 0) is 44.9 Å². The first-order chi connectivity index (χ1) is 9.06. The highest BCUT2D eigenvalue weighted by atomic mass is 16.5. The van der Waals surface area contributed by atoms with Crippen LogP contribution in [0.4, 0.5) is 0 Å². The molecule has 1 atom stereocenters. The molecule has 1 fully saturated rings. The van der Waals surface area contributed by atoms with Crippen LogP contribution >= 0.6 is 0 Å². The summed E-state index contributed by atoms with van der Waals surface area (Å²) in [5.74, 6) is 0.824. The zero-order valence-corrected chi connectivity index (χ0v) is 13.1. The average molecular weight is 271 g/mol. The molecule has 0 spiro atoms. The molecule has 0 aromatic rings. The van der Waals surface area contributed by atoms with Crippen LogP contribution in [0.15, 0.2) is 0 Å². The van der Waals surface area contributed by atoms with Gasteiger partial charge in [-0.3, -0.25) is 0 Å². The Morgan fingerprint density at radius 1 is 1.26 bits per heavy atom. The van der Waals surface area contributed by atoms with Crippen LogP contribution in [-0.4, -0.2) is 36.5 Å². The Bertz CT molecular complexity index is 227. The minimum absolute atomic E-state index is 0.139. The van der Waals surface area contributed by atoms with Crippen LogP contribution in [0.5, 0.6) is 0 Å². The van der Waals surface area contributed by atoms with Gasteiger partial charge in [-0.2, -0.15) is 0 Å².